The first kappa shape index (κ1) is 19.3. The number of hydrogen-bond acceptors (Lipinski definition) is 6. The van der Waals surface area contributed by atoms with Crippen LogP contribution in [0, 0.1) is 0 Å². The van der Waals surface area contributed by atoms with Crippen molar-refractivity contribution in [2.24, 2.45) is 0 Å². The Balaban J connectivity index is 1.33. The lowest BCUT2D eigenvalue weighted by Gasteiger charge is -2.15. The van der Waals surface area contributed by atoms with Crippen LogP contribution in [-0.2, 0) is 11.3 Å². The SMILES string of the molecule is CC(NC(=O)Cn1cnc2sc(-c3ccccc3)cc2c1=O)c1ccc2c(c1)OCO2. The van der Waals surface area contributed by atoms with Gasteiger partial charge < -0.3 is 14.8 Å². The Labute approximate surface area is 181 Å². The van der Waals surface area contributed by atoms with Gasteiger partial charge in [0.05, 0.1) is 17.8 Å². The van der Waals surface area contributed by atoms with Crippen LogP contribution in [0.4, 0.5) is 0 Å². The zero-order valence-corrected chi connectivity index (χ0v) is 17.5. The monoisotopic (exact) mass is 433 g/mol. The van der Waals surface area contributed by atoms with E-state index in [2.05, 4.69) is 10.3 Å². The molecular weight excluding hydrogens is 414 g/mol. The minimum Gasteiger partial charge on any atom is -0.454 e. The summed E-state index contributed by atoms with van der Waals surface area (Å²) in [7, 11) is 0. The van der Waals surface area contributed by atoms with E-state index in [0.29, 0.717) is 21.7 Å². The van der Waals surface area contributed by atoms with Crippen molar-refractivity contribution in [2.45, 2.75) is 19.5 Å². The van der Waals surface area contributed by atoms with Crippen LogP contribution in [0.5, 0.6) is 11.5 Å². The van der Waals surface area contributed by atoms with E-state index in [-0.39, 0.29) is 30.8 Å². The van der Waals surface area contributed by atoms with Gasteiger partial charge in [-0.25, -0.2) is 4.98 Å². The van der Waals surface area contributed by atoms with Crippen molar-refractivity contribution in [3.8, 4) is 21.9 Å². The highest BCUT2D eigenvalue weighted by molar-refractivity contribution is 7.21. The molecule has 1 atom stereocenters. The van der Waals surface area contributed by atoms with Gasteiger partial charge in [0.25, 0.3) is 5.56 Å². The fraction of sp³-hybridized carbons (Fsp3) is 0.174. The topological polar surface area (TPSA) is 82.5 Å². The molecule has 4 aromatic rings. The number of carbonyl (C=O) groups is 1. The quantitative estimate of drug-likeness (QED) is 0.519. The second kappa shape index (κ2) is 7.88. The van der Waals surface area contributed by atoms with Crippen molar-refractivity contribution < 1.29 is 14.3 Å². The lowest BCUT2D eigenvalue weighted by molar-refractivity contribution is -0.122. The highest BCUT2D eigenvalue weighted by atomic mass is 32.1. The maximum absolute atomic E-state index is 12.9. The summed E-state index contributed by atoms with van der Waals surface area (Å²) in [5, 5.41) is 3.44. The first-order valence-electron chi connectivity index (χ1n) is 9.82. The molecule has 0 spiro atoms. The fourth-order valence-corrected chi connectivity index (χ4v) is 4.52. The van der Waals surface area contributed by atoms with Crippen molar-refractivity contribution in [3.63, 3.8) is 0 Å². The number of hydrogen-bond donors (Lipinski definition) is 1. The minimum absolute atomic E-state index is 0.104. The van der Waals surface area contributed by atoms with Gasteiger partial charge in [0.2, 0.25) is 12.7 Å². The molecule has 0 saturated heterocycles. The smallest absolute Gasteiger partial charge is 0.262 e. The van der Waals surface area contributed by atoms with Crippen LogP contribution in [0.2, 0.25) is 0 Å². The summed E-state index contributed by atoms with van der Waals surface area (Å²) in [5.41, 5.74) is 1.70. The number of ether oxygens (including phenoxy) is 2. The number of nitrogens with one attached hydrogen (secondary N) is 1. The Morgan fingerprint density at radius 2 is 1.97 bits per heavy atom. The van der Waals surface area contributed by atoms with Gasteiger partial charge in [-0.3, -0.25) is 14.2 Å². The molecular formula is C23H19N3O4S. The van der Waals surface area contributed by atoms with Crippen LogP contribution in [0.25, 0.3) is 20.7 Å². The van der Waals surface area contributed by atoms with E-state index in [1.54, 1.807) is 0 Å². The number of nitrogens with zero attached hydrogens (tertiary/aromatic N) is 2. The average Bonchev–Trinajstić information content (AvgIpc) is 3.43. The third-order valence-corrected chi connectivity index (χ3v) is 6.26. The van der Waals surface area contributed by atoms with Gasteiger partial charge in [-0.15, -0.1) is 11.3 Å². The average molecular weight is 433 g/mol. The summed E-state index contributed by atoms with van der Waals surface area (Å²) in [6.45, 7) is 1.98. The zero-order valence-electron chi connectivity index (χ0n) is 16.7. The summed E-state index contributed by atoms with van der Waals surface area (Å²) >= 11 is 1.46. The number of thiophene rings is 1. The van der Waals surface area contributed by atoms with E-state index in [9.17, 15) is 9.59 Å². The van der Waals surface area contributed by atoms with Gasteiger partial charge in [0.1, 0.15) is 11.4 Å². The molecule has 0 radical (unpaired) electrons. The van der Waals surface area contributed by atoms with Crippen LogP contribution >= 0.6 is 11.3 Å². The Kier molecular flexibility index (Phi) is 4.91. The molecule has 1 amide bonds. The predicted molar refractivity (Wildman–Crippen MR) is 118 cm³/mol. The van der Waals surface area contributed by atoms with Crippen molar-refractivity contribution in [1.82, 2.24) is 14.9 Å². The number of rotatable bonds is 5. The van der Waals surface area contributed by atoms with Gasteiger partial charge in [-0.2, -0.15) is 0 Å². The fourth-order valence-electron chi connectivity index (χ4n) is 3.52. The van der Waals surface area contributed by atoms with E-state index in [1.807, 2.05) is 61.5 Å². The maximum Gasteiger partial charge on any atom is 0.262 e. The molecule has 8 heteroatoms. The normalized spacial score (nSPS) is 13.3. The molecule has 31 heavy (non-hydrogen) atoms. The number of amides is 1. The molecule has 5 rings (SSSR count). The molecule has 7 nitrogen and oxygen atoms in total. The second-order valence-corrected chi connectivity index (χ2v) is 8.31. The van der Waals surface area contributed by atoms with Gasteiger partial charge >= 0.3 is 0 Å². The lowest BCUT2D eigenvalue weighted by atomic mass is 10.1. The first-order valence-corrected chi connectivity index (χ1v) is 10.6. The molecule has 1 N–H and O–H groups in total. The van der Waals surface area contributed by atoms with Gasteiger partial charge in [-0.1, -0.05) is 36.4 Å². The van der Waals surface area contributed by atoms with E-state index in [1.165, 1.54) is 22.2 Å². The van der Waals surface area contributed by atoms with Crippen molar-refractivity contribution in [1.29, 1.82) is 0 Å². The van der Waals surface area contributed by atoms with Crippen molar-refractivity contribution >= 4 is 27.5 Å². The first-order chi connectivity index (χ1) is 15.1. The summed E-state index contributed by atoms with van der Waals surface area (Å²) < 4.78 is 12.0. The molecule has 2 aromatic heterocycles. The van der Waals surface area contributed by atoms with Crippen molar-refractivity contribution in [2.75, 3.05) is 6.79 Å². The van der Waals surface area contributed by atoms with Gasteiger partial charge in [0.15, 0.2) is 11.5 Å². The highest BCUT2D eigenvalue weighted by Crippen LogP contribution is 2.34. The zero-order chi connectivity index (χ0) is 21.4. The highest BCUT2D eigenvalue weighted by Gasteiger charge is 2.18. The van der Waals surface area contributed by atoms with Crippen LogP contribution in [-0.4, -0.2) is 22.3 Å². The standard InChI is InChI=1S/C23H19N3O4S/c1-14(16-7-8-18-19(9-16)30-13-29-18)25-21(27)11-26-12-24-22-17(23(26)28)10-20(31-22)15-5-3-2-4-6-15/h2-10,12,14H,11,13H2,1H3,(H,25,27). The van der Waals surface area contributed by atoms with E-state index < -0.39 is 0 Å². The van der Waals surface area contributed by atoms with Crippen molar-refractivity contribution in [3.05, 3.63) is 76.8 Å². The third kappa shape index (κ3) is 3.77. The summed E-state index contributed by atoms with van der Waals surface area (Å²) in [6, 6.07) is 17.0. The molecule has 3 heterocycles. The summed E-state index contributed by atoms with van der Waals surface area (Å²) in [6.07, 6.45) is 1.43. The van der Waals surface area contributed by atoms with Gasteiger partial charge in [0, 0.05) is 4.88 Å². The van der Waals surface area contributed by atoms with Crippen LogP contribution < -0.4 is 20.3 Å². The molecule has 0 saturated carbocycles. The lowest BCUT2D eigenvalue weighted by Crippen LogP contribution is -2.33. The second-order valence-electron chi connectivity index (χ2n) is 7.28. The Morgan fingerprint density at radius 1 is 1.16 bits per heavy atom. The number of carbonyl (C=O) groups excluding carboxylic acids is 1. The van der Waals surface area contributed by atoms with E-state index >= 15 is 0 Å². The summed E-state index contributed by atoms with van der Waals surface area (Å²) in [4.78, 5) is 31.5. The molecule has 0 fully saturated rings. The minimum atomic E-state index is -0.271. The molecule has 1 aliphatic heterocycles. The molecule has 0 aliphatic carbocycles. The maximum atomic E-state index is 12.9. The van der Waals surface area contributed by atoms with Crippen LogP contribution in [0.15, 0.2) is 65.7 Å². The van der Waals surface area contributed by atoms with Crippen LogP contribution in [0.1, 0.15) is 18.5 Å². The number of fused-ring (bicyclic) bond motifs is 2. The Bertz CT molecular complexity index is 1330. The van der Waals surface area contributed by atoms with E-state index in [0.717, 1.165) is 16.0 Å². The molecule has 2 aromatic carbocycles. The van der Waals surface area contributed by atoms with E-state index in [4.69, 9.17) is 9.47 Å². The molecule has 1 unspecified atom stereocenters. The number of aromatic nitrogens is 2. The Morgan fingerprint density at radius 3 is 2.81 bits per heavy atom. The summed E-state index contributed by atoms with van der Waals surface area (Å²) in [5.74, 6) is 1.09. The van der Waals surface area contributed by atoms with Gasteiger partial charge in [-0.05, 0) is 36.2 Å². The molecule has 1 aliphatic rings. The molecule has 0 bridgehead atoms. The predicted octanol–water partition coefficient (Wildman–Crippen LogP) is 3.73. The largest absolute Gasteiger partial charge is 0.454 e. The van der Waals surface area contributed by atoms with Crippen LogP contribution in [0.3, 0.4) is 0 Å². The third-order valence-electron chi connectivity index (χ3n) is 5.16. The molecule has 156 valence electrons. The number of benzene rings is 2. The Hall–Kier alpha value is -3.65.